The van der Waals surface area contributed by atoms with E-state index < -0.39 is 0 Å². The molecule has 0 fully saturated rings. The number of nitrogens with zero attached hydrogens (tertiary/aromatic N) is 3. The van der Waals surface area contributed by atoms with Crippen molar-refractivity contribution in [3.05, 3.63) is 88.7 Å². The van der Waals surface area contributed by atoms with Gasteiger partial charge in [0.1, 0.15) is 0 Å². The van der Waals surface area contributed by atoms with Crippen molar-refractivity contribution in [1.82, 2.24) is 24.7 Å². The lowest BCUT2D eigenvalue weighted by atomic mass is 10.1. The molecule has 0 radical (unpaired) electrons. The summed E-state index contributed by atoms with van der Waals surface area (Å²) in [5.74, 6) is -0.258. The van der Waals surface area contributed by atoms with E-state index in [1.807, 2.05) is 30.3 Å². The van der Waals surface area contributed by atoms with E-state index >= 15 is 0 Å². The highest BCUT2D eigenvalue weighted by Crippen LogP contribution is 2.19. The van der Waals surface area contributed by atoms with E-state index in [1.165, 1.54) is 0 Å². The first kappa shape index (κ1) is 16.9. The molecule has 0 spiro atoms. The van der Waals surface area contributed by atoms with Gasteiger partial charge in [0.2, 0.25) is 0 Å². The number of nitrogens with one attached hydrogen (secondary N) is 3. The van der Waals surface area contributed by atoms with Gasteiger partial charge in [0.15, 0.2) is 0 Å². The van der Waals surface area contributed by atoms with Gasteiger partial charge in [-0.1, -0.05) is 6.07 Å². The second kappa shape index (κ2) is 6.75. The molecule has 0 unspecified atom stereocenters. The first-order valence-electron chi connectivity index (χ1n) is 9.03. The standard InChI is InChI=1S/C21H16N6O2/c28-20(24-16-5-3-15-11-23-26-17(15)9-16)14-4-6-19-18(8-14)25-21(29)27(19)12-13-2-1-7-22-10-13/h1-11H,12H2,(H,23,26)(H,24,28)(H,25,29). The fourth-order valence-electron chi connectivity index (χ4n) is 3.35. The molecule has 0 bridgehead atoms. The Hall–Kier alpha value is -4.20. The summed E-state index contributed by atoms with van der Waals surface area (Å²) >= 11 is 0. The summed E-state index contributed by atoms with van der Waals surface area (Å²) in [5, 5.41) is 10.7. The summed E-state index contributed by atoms with van der Waals surface area (Å²) in [7, 11) is 0. The minimum absolute atomic E-state index is 0.230. The van der Waals surface area contributed by atoms with Gasteiger partial charge in [-0.25, -0.2) is 4.79 Å². The summed E-state index contributed by atoms with van der Waals surface area (Å²) in [6, 6.07) is 14.4. The first-order valence-corrected chi connectivity index (χ1v) is 9.03. The van der Waals surface area contributed by atoms with E-state index in [0.717, 1.165) is 22.0 Å². The zero-order valence-electron chi connectivity index (χ0n) is 15.2. The predicted molar refractivity (Wildman–Crippen MR) is 110 cm³/mol. The Morgan fingerprint density at radius 2 is 2.00 bits per heavy atom. The molecule has 8 nitrogen and oxygen atoms in total. The normalized spacial score (nSPS) is 11.2. The molecule has 3 aromatic heterocycles. The van der Waals surface area contributed by atoms with Gasteiger partial charge in [-0.2, -0.15) is 5.10 Å². The molecule has 8 heteroatoms. The Balaban J connectivity index is 1.43. The monoisotopic (exact) mass is 384 g/mol. The smallest absolute Gasteiger partial charge is 0.322 e. The molecule has 5 rings (SSSR count). The average molecular weight is 384 g/mol. The Labute approximate surface area is 164 Å². The molecule has 0 atom stereocenters. The Morgan fingerprint density at radius 1 is 1.07 bits per heavy atom. The van der Waals surface area contributed by atoms with Crippen LogP contribution in [-0.2, 0) is 6.54 Å². The zero-order valence-corrected chi connectivity index (χ0v) is 15.2. The number of hydrogen-bond acceptors (Lipinski definition) is 4. The maximum Gasteiger partial charge on any atom is 0.326 e. The van der Waals surface area contributed by atoms with Crippen LogP contribution in [0.5, 0.6) is 0 Å². The minimum atomic E-state index is -0.258. The van der Waals surface area contributed by atoms with Crippen molar-refractivity contribution in [2.75, 3.05) is 5.32 Å². The molecule has 2 aromatic carbocycles. The van der Waals surface area contributed by atoms with Crippen LogP contribution in [0.25, 0.3) is 21.9 Å². The van der Waals surface area contributed by atoms with Crippen LogP contribution < -0.4 is 11.0 Å². The van der Waals surface area contributed by atoms with Crippen molar-refractivity contribution < 1.29 is 4.79 Å². The lowest BCUT2D eigenvalue weighted by Crippen LogP contribution is -2.17. The summed E-state index contributed by atoms with van der Waals surface area (Å²) < 4.78 is 1.63. The van der Waals surface area contributed by atoms with E-state index in [9.17, 15) is 9.59 Å². The van der Waals surface area contributed by atoms with Gasteiger partial charge in [-0.3, -0.25) is 19.4 Å². The number of anilines is 1. The Bertz CT molecular complexity index is 1400. The number of carbonyl (C=O) groups excluding carboxylic acids is 1. The number of amides is 1. The molecule has 3 heterocycles. The second-order valence-corrected chi connectivity index (χ2v) is 6.74. The molecule has 0 saturated heterocycles. The molecule has 142 valence electrons. The Morgan fingerprint density at radius 3 is 2.86 bits per heavy atom. The van der Waals surface area contributed by atoms with Gasteiger partial charge in [0.25, 0.3) is 5.91 Å². The molecule has 0 aliphatic carbocycles. The number of benzene rings is 2. The molecule has 3 N–H and O–H groups in total. The maximum absolute atomic E-state index is 12.7. The molecule has 5 aromatic rings. The number of imidazole rings is 1. The lowest BCUT2D eigenvalue weighted by molar-refractivity contribution is 0.102. The number of aromatic nitrogens is 5. The van der Waals surface area contributed by atoms with Crippen LogP contribution >= 0.6 is 0 Å². The van der Waals surface area contributed by atoms with Crippen LogP contribution in [0.3, 0.4) is 0 Å². The largest absolute Gasteiger partial charge is 0.326 e. The highest BCUT2D eigenvalue weighted by atomic mass is 16.2. The highest BCUT2D eigenvalue weighted by molar-refractivity contribution is 6.06. The number of rotatable bonds is 4. The zero-order chi connectivity index (χ0) is 19.8. The van der Waals surface area contributed by atoms with E-state index in [1.54, 1.807) is 41.4 Å². The van der Waals surface area contributed by atoms with Crippen molar-refractivity contribution in [1.29, 1.82) is 0 Å². The molecular formula is C21H16N6O2. The topological polar surface area (TPSA) is 108 Å². The van der Waals surface area contributed by atoms with Crippen molar-refractivity contribution in [2.45, 2.75) is 6.54 Å². The summed E-state index contributed by atoms with van der Waals surface area (Å²) in [4.78, 5) is 32.0. The van der Waals surface area contributed by atoms with Crippen molar-refractivity contribution in [3.8, 4) is 0 Å². The Kier molecular flexibility index (Phi) is 3.94. The van der Waals surface area contributed by atoms with Crippen molar-refractivity contribution in [2.24, 2.45) is 0 Å². The molecule has 0 aliphatic heterocycles. The SMILES string of the molecule is O=C(Nc1ccc2cn[nH]c2c1)c1ccc2c(c1)[nH]c(=O)n2Cc1cccnc1. The number of carbonyl (C=O) groups is 1. The second-order valence-electron chi connectivity index (χ2n) is 6.74. The predicted octanol–water partition coefficient (Wildman–Crippen LogP) is 2.90. The van der Waals surface area contributed by atoms with Crippen LogP contribution in [-0.4, -0.2) is 30.6 Å². The fraction of sp³-hybridized carbons (Fsp3) is 0.0476. The van der Waals surface area contributed by atoms with Crippen LogP contribution in [0.15, 0.2) is 71.9 Å². The van der Waals surface area contributed by atoms with Crippen LogP contribution in [0, 0.1) is 0 Å². The number of aromatic amines is 2. The number of pyridine rings is 1. The van der Waals surface area contributed by atoms with E-state index in [4.69, 9.17) is 0 Å². The molecule has 1 amide bonds. The van der Waals surface area contributed by atoms with E-state index in [-0.39, 0.29) is 11.6 Å². The fourth-order valence-corrected chi connectivity index (χ4v) is 3.35. The van der Waals surface area contributed by atoms with Gasteiger partial charge in [0.05, 0.1) is 29.3 Å². The minimum Gasteiger partial charge on any atom is -0.322 e. The number of hydrogen-bond donors (Lipinski definition) is 3. The summed E-state index contributed by atoms with van der Waals surface area (Å²) in [6.07, 6.45) is 5.14. The number of H-pyrrole nitrogens is 2. The maximum atomic E-state index is 12.7. The third-order valence-corrected chi connectivity index (χ3v) is 4.80. The van der Waals surface area contributed by atoms with Crippen molar-refractivity contribution >= 4 is 33.5 Å². The van der Waals surface area contributed by atoms with Gasteiger partial charge in [0, 0.05) is 29.0 Å². The van der Waals surface area contributed by atoms with Crippen molar-refractivity contribution in [3.63, 3.8) is 0 Å². The van der Waals surface area contributed by atoms with E-state index in [2.05, 4.69) is 25.5 Å². The van der Waals surface area contributed by atoms with Gasteiger partial charge >= 0.3 is 5.69 Å². The quantitative estimate of drug-likeness (QED) is 0.443. The molecular weight excluding hydrogens is 368 g/mol. The van der Waals surface area contributed by atoms with Crippen LogP contribution in [0.1, 0.15) is 15.9 Å². The van der Waals surface area contributed by atoms with Crippen LogP contribution in [0.4, 0.5) is 5.69 Å². The third kappa shape index (κ3) is 3.16. The molecule has 29 heavy (non-hydrogen) atoms. The summed E-state index contributed by atoms with van der Waals surface area (Å²) in [6.45, 7) is 0.405. The van der Waals surface area contributed by atoms with Gasteiger partial charge in [-0.05, 0) is 48.0 Å². The summed E-state index contributed by atoms with van der Waals surface area (Å²) in [5.41, 5.74) is 3.99. The number of fused-ring (bicyclic) bond motifs is 2. The van der Waals surface area contributed by atoms with Gasteiger partial charge in [-0.15, -0.1) is 0 Å². The third-order valence-electron chi connectivity index (χ3n) is 4.80. The highest BCUT2D eigenvalue weighted by Gasteiger charge is 2.12. The first-order chi connectivity index (χ1) is 14.2. The van der Waals surface area contributed by atoms with Crippen LogP contribution in [0.2, 0.25) is 0 Å². The molecule has 0 saturated carbocycles. The lowest BCUT2D eigenvalue weighted by Gasteiger charge is -2.06. The molecule has 0 aliphatic rings. The van der Waals surface area contributed by atoms with Gasteiger partial charge < -0.3 is 10.3 Å². The average Bonchev–Trinajstić information content (AvgIpc) is 3.32. The van der Waals surface area contributed by atoms with E-state index in [0.29, 0.717) is 23.3 Å².